The van der Waals surface area contributed by atoms with Gasteiger partial charge in [0.1, 0.15) is 0 Å². The zero-order valence-corrected chi connectivity index (χ0v) is 10.9. The molecule has 2 heterocycles. The van der Waals surface area contributed by atoms with Gasteiger partial charge in [-0.1, -0.05) is 11.6 Å². The maximum atomic E-state index is 6.11. The van der Waals surface area contributed by atoms with Crippen molar-refractivity contribution in [1.29, 1.82) is 0 Å². The molecule has 0 unspecified atom stereocenters. The smallest absolute Gasteiger partial charge is 0.0848 e. The molecule has 4 nitrogen and oxygen atoms in total. The molecule has 2 rings (SSSR count). The van der Waals surface area contributed by atoms with E-state index in [0.29, 0.717) is 5.02 Å². The minimum atomic E-state index is -0.0620. The lowest BCUT2D eigenvalue weighted by Gasteiger charge is -2.07. The van der Waals surface area contributed by atoms with E-state index >= 15 is 0 Å². The Balaban J connectivity index is 2.43. The summed E-state index contributed by atoms with van der Waals surface area (Å²) in [6.45, 7) is 5.72. The summed E-state index contributed by atoms with van der Waals surface area (Å²) in [5.74, 6) is 0. The molecular weight excluding hydrogens is 236 g/mol. The predicted octanol–water partition coefficient (Wildman–Crippen LogP) is 2.56. The fourth-order valence-electron chi connectivity index (χ4n) is 1.67. The largest absolute Gasteiger partial charge is 0.323 e. The van der Waals surface area contributed by atoms with Crippen LogP contribution in [0.2, 0.25) is 5.02 Å². The van der Waals surface area contributed by atoms with Crippen LogP contribution < -0.4 is 5.73 Å². The first-order valence-electron chi connectivity index (χ1n) is 5.44. The average molecular weight is 251 g/mol. The molecule has 5 heteroatoms. The highest BCUT2D eigenvalue weighted by Gasteiger charge is 2.11. The molecule has 2 N–H and O–H groups in total. The van der Waals surface area contributed by atoms with Crippen molar-refractivity contribution in [2.24, 2.45) is 5.73 Å². The van der Waals surface area contributed by atoms with E-state index in [1.165, 1.54) is 0 Å². The third-order valence-corrected chi connectivity index (χ3v) is 3.23. The number of halogens is 1. The second-order valence-corrected chi connectivity index (χ2v) is 4.50. The van der Waals surface area contributed by atoms with Gasteiger partial charge in [0.15, 0.2) is 0 Å². The Morgan fingerprint density at radius 3 is 2.47 bits per heavy atom. The molecule has 0 radical (unpaired) electrons. The number of aromatic nitrogens is 3. The van der Waals surface area contributed by atoms with Crippen LogP contribution in [0.5, 0.6) is 0 Å². The standard InChI is InChI=1S/C12H15ClN4/c1-7(14)11-5-4-10(6-15-11)17-9(3)12(13)8(2)16-17/h4-7H,14H2,1-3H3/t7-/m0/s1. The Morgan fingerprint density at radius 1 is 1.35 bits per heavy atom. The van der Waals surface area contributed by atoms with E-state index in [1.807, 2.05) is 32.9 Å². The van der Waals surface area contributed by atoms with E-state index in [4.69, 9.17) is 17.3 Å². The number of hydrogen-bond acceptors (Lipinski definition) is 3. The highest BCUT2D eigenvalue weighted by atomic mass is 35.5. The summed E-state index contributed by atoms with van der Waals surface area (Å²) in [6, 6.07) is 3.79. The minimum Gasteiger partial charge on any atom is -0.323 e. The van der Waals surface area contributed by atoms with Crippen LogP contribution in [0, 0.1) is 13.8 Å². The summed E-state index contributed by atoms with van der Waals surface area (Å²) in [4.78, 5) is 4.31. The first kappa shape index (κ1) is 12.1. The van der Waals surface area contributed by atoms with Gasteiger partial charge in [0.25, 0.3) is 0 Å². The summed E-state index contributed by atoms with van der Waals surface area (Å²) < 4.78 is 1.79. The quantitative estimate of drug-likeness (QED) is 0.891. The molecule has 0 amide bonds. The number of hydrogen-bond donors (Lipinski definition) is 1. The van der Waals surface area contributed by atoms with Crippen LogP contribution in [0.15, 0.2) is 18.3 Å². The number of aryl methyl sites for hydroxylation is 1. The van der Waals surface area contributed by atoms with Crippen LogP contribution >= 0.6 is 11.6 Å². The SMILES string of the molecule is Cc1nn(-c2ccc([C@H](C)N)nc2)c(C)c1Cl. The van der Waals surface area contributed by atoms with Gasteiger partial charge in [0, 0.05) is 6.04 Å². The molecular formula is C12H15ClN4. The maximum absolute atomic E-state index is 6.11. The molecule has 0 fully saturated rings. The van der Waals surface area contributed by atoms with Crippen molar-refractivity contribution in [1.82, 2.24) is 14.8 Å². The van der Waals surface area contributed by atoms with Gasteiger partial charge in [-0.15, -0.1) is 0 Å². The molecule has 17 heavy (non-hydrogen) atoms. The zero-order chi connectivity index (χ0) is 12.6. The number of pyridine rings is 1. The van der Waals surface area contributed by atoms with E-state index in [0.717, 1.165) is 22.8 Å². The average Bonchev–Trinajstić information content (AvgIpc) is 2.57. The lowest BCUT2D eigenvalue weighted by atomic mass is 10.2. The van der Waals surface area contributed by atoms with Gasteiger partial charge < -0.3 is 5.73 Å². The van der Waals surface area contributed by atoms with Gasteiger partial charge >= 0.3 is 0 Å². The highest BCUT2D eigenvalue weighted by molar-refractivity contribution is 6.31. The first-order chi connectivity index (χ1) is 8.00. The van der Waals surface area contributed by atoms with E-state index < -0.39 is 0 Å². The van der Waals surface area contributed by atoms with E-state index in [9.17, 15) is 0 Å². The molecule has 2 aromatic heterocycles. The third-order valence-electron chi connectivity index (χ3n) is 2.68. The molecule has 2 aromatic rings. The Kier molecular flexibility index (Phi) is 3.17. The van der Waals surface area contributed by atoms with Crippen LogP contribution in [0.25, 0.3) is 5.69 Å². The summed E-state index contributed by atoms with van der Waals surface area (Å²) in [7, 11) is 0. The van der Waals surface area contributed by atoms with E-state index in [-0.39, 0.29) is 6.04 Å². The molecule has 0 saturated heterocycles. The molecule has 0 spiro atoms. The molecule has 0 aliphatic carbocycles. The number of nitrogens with two attached hydrogens (primary N) is 1. The summed E-state index contributed by atoms with van der Waals surface area (Å²) in [5.41, 5.74) is 9.24. The van der Waals surface area contributed by atoms with Crippen molar-refractivity contribution in [3.63, 3.8) is 0 Å². The lowest BCUT2D eigenvalue weighted by Crippen LogP contribution is -2.08. The van der Waals surface area contributed by atoms with Crippen LogP contribution in [0.4, 0.5) is 0 Å². The second-order valence-electron chi connectivity index (χ2n) is 4.13. The van der Waals surface area contributed by atoms with Crippen molar-refractivity contribution in [3.05, 3.63) is 40.4 Å². The van der Waals surface area contributed by atoms with Gasteiger partial charge in [-0.3, -0.25) is 4.98 Å². The molecule has 0 aromatic carbocycles. The normalized spacial score (nSPS) is 12.8. The summed E-state index contributed by atoms with van der Waals surface area (Å²) in [6.07, 6.45) is 1.76. The van der Waals surface area contributed by atoms with Crippen LogP contribution in [0.3, 0.4) is 0 Å². The van der Waals surface area contributed by atoms with Crippen LogP contribution in [-0.4, -0.2) is 14.8 Å². The predicted molar refractivity (Wildman–Crippen MR) is 68.4 cm³/mol. The Morgan fingerprint density at radius 2 is 2.06 bits per heavy atom. The van der Waals surface area contributed by atoms with Gasteiger partial charge in [0.05, 0.1) is 34.0 Å². The fourth-order valence-corrected chi connectivity index (χ4v) is 1.79. The molecule has 1 atom stereocenters. The van der Waals surface area contributed by atoms with Gasteiger partial charge in [-0.25, -0.2) is 4.68 Å². The van der Waals surface area contributed by atoms with Crippen molar-refractivity contribution < 1.29 is 0 Å². The summed E-state index contributed by atoms with van der Waals surface area (Å²) in [5, 5.41) is 5.06. The van der Waals surface area contributed by atoms with Crippen LogP contribution in [-0.2, 0) is 0 Å². The lowest BCUT2D eigenvalue weighted by molar-refractivity contribution is 0.770. The van der Waals surface area contributed by atoms with Gasteiger partial charge in [0.2, 0.25) is 0 Å². The molecule has 90 valence electrons. The zero-order valence-electron chi connectivity index (χ0n) is 10.1. The molecule has 0 bridgehead atoms. The van der Waals surface area contributed by atoms with Crippen molar-refractivity contribution in [2.45, 2.75) is 26.8 Å². The van der Waals surface area contributed by atoms with E-state index in [2.05, 4.69) is 10.1 Å². The fraction of sp³-hybridized carbons (Fsp3) is 0.333. The van der Waals surface area contributed by atoms with E-state index in [1.54, 1.807) is 10.9 Å². The highest BCUT2D eigenvalue weighted by Crippen LogP contribution is 2.22. The van der Waals surface area contributed by atoms with Gasteiger partial charge in [-0.05, 0) is 32.9 Å². The first-order valence-corrected chi connectivity index (χ1v) is 5.82. The monoisotopic (exact) mass is 250 g/mol. The van der Waals surface area contributed by atoms with Crippen molar-refractivity contribution in [3.8, 4) is 5.69 Å². The molecule has 0 saturated carbocycles. The Hall–Kier alpha value is -1.39. The minimum absolute atomic E-state index is 0.0620. The van der Waals surface area contributed by atoms with Gasteiger partial charge in [-0.2, -0.15) is 5.10 Å². The van der Waals surface area contributed by atoms with Crippen molar-refractivity contribution in [2.75, 3.05) is 0 Å². The number of rotatable bonds is 2. The van der Waals surface area contributed by atoms with Crippen molar-refractivity contribution >= 4 is 11.6 Å². The number of nitrogens with zero attached hydrogens (tertiary/aromatic N) is 3. The Labute approximate surface area is 105 Å². The second kappa shape index (κ2) is 4.47. The maximum Gasteiger partial charge on any atom is 0.0848 e. The van der Waals surface area contributed by atoms with Crippen LogP contribution in [0.1, 0.15) is 30.0 Å². The molecule has 0 aliphatic heterocycles. The topological polar surface area (TPSA) is 56.7 Å². The Bertz CT molecular complexity index is 528. The summed E-state index contributed by atoms with van der Waals surface area (Å²) >= 11 is 6.11. The molecule has 0 aliphatic rings. The third kappa shape index (κ3) is 2.18.